The van der Waals surface area contributed by atoms with E-state index in [4.69, 9.17) is 10.5 Å². The first-order valence-corrected chi connectivity index (χ1v) is 23.3. The van der Waals surface area contributed by atoms with E-state index in [9.17, 15) is 9.59 Å². The fourth-order valence-electron chi connectivity index (χ4n) is 9.26. The lowest BCUT2D eigenvalue weighted by Gasteiger charge is -2.33. The van der Waals surface area contributed by atoms with Crippen molar-refractivity contribution in [3.05, 3.63) is 130 Å². The molecule has 2 atom stereocenters. The highest BCUT2D eigenvalue weighted by atomic mass is 16.2. The number of amides is 2. The summed E-state index contributed by atoms with van der Waals surface area (Å²) in [6, 6.07) is 38.3. The van der Waals surface area contributed by atoms with Crippen molar-refractivity contribution in [2.24, 2.45) is 0 Å². The Labute approximate surface area is 380 Å². The average Bonchev–Trinajstić information content (AvgIpc) is 3.31. The number of benzene rings is 4. The van der Waals surface area contributed by atoms with Gasteiger partial charge in [0.25, 0.3) is 0 Å². The van der Waals surface area contributed by atoms with Gasteiger partial charge in [-0.05, 0) is 104 Å². The van der Waals surface area contributed by atoms with Gasteiger partial charge in [-0.3, -0.25) is 19.4 Å². The van der Waals surface area contributed by atoms with Gasteiger partial charge in [0.15, 0.2) is 0 Å². The lowest BCUT2D eigenvalue weighted by Crippen LogP contribution is -2.48. The highest BCUT2D eigenvalue weighted by molar-refractivity contribution is 5.79. The predicted molar refractivity (Wildman–Crippen MR) is 255 cm³/mol. The number of anilines is 2. The number of nitrogens with zero attached hydrogens (tertiary/aromatic N) is 6. The third kappa shape index (κ3) is 14.1. The van der Waals surface area contributed by atoms with Gasteiger partial charge in [-0.25, -0.2) is 0 Å². The second kappa shape index (κ2) is 23.3. The largest absolute Gasteiger partial charge is 0.382 e. The van der Waals surface area contributed by atoms with E-state index in [0.29, 0.717) is 48.1 Å². The minimum atomic E-state index is 0.207. The second-order valence-corrected chi connectivity index (χ2v) is 18.1. The van der Waals surface area contributed by atoms with E-state index >= 15 is 0 Å². The summed E-state index contributed by atoms with van der Waals surface area (Å²) in [5.41, 5.74) is 8.13. The molecule has 4 saturated heterocycles. The van der Waals surface area contributed by atoms with Crippen LogP contribution in [0.2, 0.25) is 0 Å². The Morgan fingerprint density at radius 2 is 1.00 bits per heavy atom. The van der Waals surface area contributed by atoms with E-state index in [1.54, 1.807) is 0 Å². The Balaban J connectivity index is 0.000000191. The number of carbonyl (C=O) groups is 2. The topological polar surface area (TPSA) is 143 Å². The zero-order valence-electron chi connectivity index (χ0n) is 37.8. The Kier molecular flexibility index (Phi) is 16.8. The number of nitrogens with one attached hydrogen (secondary N) is 4. The van der Waals surface area contributed by atoms with E-state index in [2.05, 4.69) is 106 Å². The van der Waals surface area contributed by atoms with E-state index in [-0.39, 0.29) is 11.8 Å². The zero-order chi connectivity index (χ0) is 44.7. The molecule has 4 aliphatic rings. The fraction of sp³-hybridized carbons (Fsp3) is 0.462. The van der Waals surface area contributed by atoms with Crippen molar-refractivity contribution in [3.63, 3.8) is 0 Å². The highest BCUT2D eigenvalue weighted by Crippen LogP contribution is 2.21. The first-order chi connectivity index (χ1) is 31.2. The van der Waals surface area contributed by atoms with Gasteiger partial charge in [0.05, 0.1) is 36.1 Å². The summed E-state index contributed by atoms with van der Waals surface area (Å²) in [4.78, 5) is 34.6. The van der Waals surface area contributed by atoms with Gasteiger partial charge in [-0.2, -0.15) is 10.5 Å². The first-order valence-electron chi connectivity index (χ1n) is 23.3. The number of likely N-dealkylation sites (tertiary alicyclic amines) is 2. The summed E-state index contributed by atoms with van der Waals surface area (Å²) in [5, 5.41) is 32.0. The number of rotatable bonds is 12. The molecule has 0 saturated carbocycles. The van der Waals surface area contributed by atoms with Gasteiger partial charge in [0.2, 0.25) is 11.8 Å². The molecule has 0 aromatic heterocycles. The molecule has 4 aromatic carbocycles. The highest BCUT2D eigenvalue weighted by Gasteiger charge is 2.25. The fourth-order valence-corrected chi connectivity index (χ4v) is 9.26. The summed E-state index contributed by atoms with van der Waals surface area (Å²) in [7, 11) is 0. The molecule has 12 heteroatoms. The minimum absolute atomic E-state index is 0.207. The minimum Gasteiger partial charge on any atom is -0.382 e. The Morgan fingerprint density at radius 1 is 0.562 bits per heavy atom. The molecular weight excluding hydrogens is 797 g/mol. The Hall–Kier alpha value is -5.76. The monoisotopic (exact) mass is 863 g/mol. The smallest absolute Gasteiger partial charge is 0.226 e. The molecule has 336 valence electrons. The molecular formula is C52H66N10O2. The van der Waals surface area contributed by atoms with Crippen molar-refractivity contribution in [2.45, 2.75) is 89.6 Å². The van der Waals surface area contributed by atoms with Crippen LogP contribution in [0.5, 0.6) is 0 Å². The Bertz CT molecular complexity index is 2180. The van der Waals surface area contributed by atoms with E-state index in [1.807, 2.05) is 58.3 Å². The third-order valence-corrected chi connectivity index (χ3v) is 12.9. The van der Waals surface area contributed by atoms with Gasteiger partial charge in [0.1, 0.15) is 0 Å². The average molecular weight is 863 g/mol. The molecule has 4 fully saturated rings. The van der Waals surface area contributed by atoms with Crippen LogP contribution in [-0.4, -0.2) is 121 Å². The van der Waals surface area contributed by atoms with Crippen LogP contribution in [0.25, 0.3) is 0 Å². The van der Waals surface area contributed by atoms with Gasteiger partial charge in [-0.1, -0.05) is 54.6 Å². The van der Waals surface area contributed by atoms with Crippen LogP contribution in [-0.2, 0) is 35.5 Å². The van der Waals surface area contributed by atoms with Crippen LogP contribution in [0, 0.1) is 22.7 Å². The summed E-state index contributed by atoms with van der Waals surface area (Å²) < 4.78 is 0. The third-order valence-electron chi connectivity index (χ3n) is 12.9. The number of hydrogen-bond acceptors (Lipinski definition) is 10. The van der Waals surface area contributed by atoms with Gasteiger partial charge >= 0.3 is 0 Å². The molecule has 0 unspecified atom stereocenters. The maximum Gasteiger partial charge on any atom is 0.226 e. The molecule has 0 spiro atoms. The molecule has 4 heterocycles. The van der Waals surface area contributed by atoms with Crippen LogP contribution < -0.4 is 21.3 Å². The standard InChI is InChI=1S/2C26H33N5O/c1-20-18-30(15-12-28-20)19-23-4-2-21(3-5-23)16-26(32)31-13-10-25(11-14-31)29-24-8-6-22(17-27)7-9-24;1-20-18-30(14-11-28-20)19-22-7-5-21(6-8-22)16-26(32)31-12-9-24(10-13-31)29-25-4-2-3-23(15-25)17-27/h2-9,20,25,28-29H,10-16,18-19H2,1H3;2-8,15,20,24,28-29H,9-14,16,18-19H2,1H3/t2*20-/m11/s1. The number of nitriles is 2. The maximum atomic E-state index is 12.8. The first kappa shape index (κ1) is 46.2. The van der Waals surface area contributed by atoms with Gasteiger partial charge in [-0.15, -0.1) is 0 Å². The van der Waals surface area contributed by atoms with Crippen molar-refractivity contribution in [3.8, 4) is 12.1 Å². The summed E-state index contributed by atoms with van der Waals surface area (Å²) in [6.07, 6.45) is 4.66. The van der Waals surface area contributed by atoms with Crippen molar-refractivity contribution in [1.29, 1.82) is 10.5 Å². The molecule has 0 radical (unpaired) electrons. The van der Waals surface area contributed by atoms with Gasteiger partial charge in [0, 0.05) is 114 Å². The summed E-state index contributed by atoms with van der Waals surface area (Å²) >= 11 is 0. The summed E-state index contributed by atoms with van der Waals surface area (Å²) in [6.45, 7) is 15.9. The number of piperidine rings is 2. The normalized spacial score (nSPS) is 20.0. The lowest BCUT2D eigenvalue weighted by molar-refractivity contribution is -0.132. The number of piperazine rings is 2. The molecule has 8 rings (SSSR count). The van der Waals surface area contributed by atoms with Crippen LogP contribution in [0.3, 0.4) is 0 Å². The van der Waals surface area contributed by atoms with Gasteiger partial charge < -0.3 is 31.1 Å². The van der Waals surface area contributed by atoms with Crippen molar-refractivity contribution < 1.29 is 9.59 Å². The summed E-state index contributed by atoms with van der Waals surface area (Å²) in [5.74, 6) is 0.420. The van der Waals surface area contributed by atoms with Crippen molar-refractivity contribution in [1.82, 2.24) is 30.2 Å². The molecule has 12 nitrogen and oxygen atoms in total. The van der Waals surface area contributed by atoms with E-state index in [1.165, 1.54) is 11.1 Å². The number of hydrogen-bond donors (Lipinski definition) is 4. The van der Waals surface area contributed by atoms with Crippen LogP contribution in [0.1, 0.15) is 72.9 Å². The molecule has 4 aliphatic heterocycles. The molecule has 2 amide bonds. The van der Waals surface area contributed by atoms with E-state index in [0.717, 1.165) is 127 Å². The SMILES string of the molecule is C[C@@H]1CN(Cc2ccc(CC(=O)N3CCC(Nc4ccc(C#N)cc4)CC3)cc2)CCN1.C[C@@H]1CN(Cc2ccc(CC(=O)N3CCC(Nc4cccc(C#N)c4)CC3)cc2)CCN1. The quantitative estimate of drug-likeness (QED) is 0.134. The number of carbonyl (C=O) groups excluding carboxylic acids is 2. The molecule has 4 aromatic rings. The van der Waals surface area contributed by atoms with Crippen molar-refractivity contribution >= 4 is 23.2 Å². The second-order valence-electron chi connectivity index (χ2n) is 18.1. The molecule has 0 bridgehead atoms. The van der Waals surface area contributed by atoms with Crippen molar-refractivity contribution in [2.75, 3.05) is 76.1 Å². The molecule has 4 N–H and O–H groups in total. The lowest BCUT2D eigenvalue weighted by atomic mass is 10.0. The van der Waals surface area contributed by atoms with E-state index < -0.39 is 0 Å². The Morgan fingerprint density at radius 3 is 1.44 bits per heavy atom. The van der Waals surface area contributed by atoms with Crippen LogP contribution in [0.15, 0.2) is 97.1 Å². The predicted octanol–water partition coefficient (Wildman–Crippen LogP) is 6.00. The maximum absolute atomic E-state index is 12.8. The molecule has 0 aliphatic carbocycles. The van der Waals surface area contributed by atoms with Crippen LogP contribution in [0.4, 0.5) is 11.4 Å². The molecule has 64 heavy (non-hydrogen) atoms. The van der Waals surface area contributed by atoms with Crippen LogP contribution >= 0.6 is 0 Å². The zero-order valence-corrected chi connectivity index (χ0v) is 37.8.